The fourth-order valence-corrected chi connectivity index (χ4v) is 7.05. The van der Waals surface area contributed by atoms with Gasteiger partial charge in [0.1, 0.15) is 15.7 Å². The van der Waals surface area contributed by atoms with E-state index in [4.69, 9.17) is 9.47 Å². The second-order valence-electron chi connectivity index (χ2n) is 10.4. The molecular formula is C29H30F3N3O5S. The quantitative estimate of drug-likeness (QED) is 0.363. The first-order valence-electron chi connectivity index (χ1n) is 13.5. The topological polar surface area (TPSA) is 92.6 Å². The number of hydrogen-bond acceptors (Lipinski definition) is 7. The summed E-state index contributed by atoms with van der Waals surface area (Å²) in [5, 5.41) is 11.8. The third-order valence-electron chi connectivity index (χ3n) is 7.36. The molecule has 1 saturated carbocycles. The van der Waals surface area contributed by atoms with Gasteiger partial charge in [-0.3, -0.25) is 0 Å². The Bertz CT molecular complexity index is 1460. The number of para-hydroxylation sites is 4. The van der Waals surface area contributed by atoms with Crippen molar-refractivity contribution in [1.29, 1.82) is 0 Å². The van der Waals surface area contributed by atoms with Gasteiger partial charge in [-0.2, -0.15) is 0 Å². The number of ether oxygens (including phenoxy) is 3. The van der Waals surface area contributed by atoms with Crippen molar-refractivity contribution in [3.8, 4) is 17.2 Å². The Hall–Kier alpha value is -3.32. The van der Waals surface area contributed by atoms with Crippen molar-refractivity contribution >= 4 is 21.3 Å². The van der Waals surface area contributed by atoms with Crippen LogP contribution in [0.5, 0.6) is 17.2 Å². The third kappa shape index (κ3) is 6.15. The Morgan fingerprint density at radius 3 is 2.22 bits per heavy atom. The van der Waals surface area contributed by atoms with Crippen LogP contribution in [-0.4, -0.2) is 53.6 Å². The molecule has 12 heteroatoms. The van der Waals surface area contributed by atoms with Crippen LogP contribution in [0.4, 0.5) is 24.5 Å². The highest BCUT2D eigenvalue weighted by atomic mass is 32.2. The van der Waals surface area contributed by atoms with Crippen LogP contribution in [0, 0.1) is 5.92 Å². The van der Waals surface area contributed by atoms with Crippen molar-refractivity contribution in [1.82, 2.24) is 4.72 Å². The van der Waals surface area contributed by atoms with Gasteiger partial charge in [0.2, 0.25) is 0 Å². The lowest BCUT2D eigenvalue weighted by molar-refractivity contribution is -0.274. The molecule has 41 heavy (non-hydrogen) atoms. The summed E-state index contributed by atoms with van der Waals surface area (Å²) >= 11 is 0. The van der Waals surface area contributed by atoms with Gasteiger partial charge in [-0.15, -0.1) is 13.2 Å². The van der Waals surface area contributed by atoms with Gasteiger partial charge in [0.05, 0.1) is 47.6 Å². The van der Waals surface area contributed by atoms with Crippen molar-refractivity contribution < 1.29 is 36.7 Å². The van der Waals surface area contributed by atoms with E-state index in [1.807, 2.05) is 53.4 Å². The van der Waals surface area contributed by atoms with Gasteiger partial charge in [-0.05, 0) is 73.7 Å². The summed E-state index contributed by atoms with van der Waals surface area (Å²) in [4.78, 5) is 2.23. The Morgan fingerprint density at radius 1 is 0.976 bits per heavy atom. The molecule has 2 heterocycles. The van der Waals surface area contributed by atoms with Gasteiger partial charge in [0.25, 0.3) is 0 Å². The SMILES string of the molecule is O=S(=NCC1CC1)(N[C@@H]1COCC[C@@H](N2c3ccccc3Oc3ccccc32)[C@@H]1O)c1ccc(OC(F)(F)F)cc1. The Labute approximate surface area is 236 Å². The standard InChI is InChI=1S/C29H30F3N3O5S/c30-29(31,32)40-20-11-13-21(14-12-20)41(37,33-17-19-9-10-19)34-22-18-38-16-15-25(28(22)36)35-23-5-1-3-7-26(23)39-27-8-4-2-6-24(27)35/h1-8,11-14,19,22,25,28,36H,9-10,15-18H2,(H,33,34,37)/t22-,25-,28-,41?/m1/s1. The van der Waals surface area contributed by atoms with Crippen LogP contribution in [0.3, 0.4) is 0 Å². The van der Waals surface area contributed by atoms with E-state index in [-0.39, 0.29) is 11.5 Å². The maximum atomic E-state index is 14.4. The fraction of sp³-hybridized carbons (Fsp3) is 0.379. The molecule has 2 fully saturated rings. The van der Waals surface area contributed by atoms with Crippen LogP contribution in [0.25, 0.3) is 0 Å². The zero-order chi connectivity index (χ0) is 28.6. The molecule has 2 aliphatic heterocycles. The molecule has 218 valence electrons. The first-order chi connectivity index (χ1) is 19.7. The van der Waals surface area contributed by atoms with Gasteiger partial charge in [0.15, 0.2) is 11.5 Å². The normalized spacial score (nSPS) is 23.8. The number of benzene rings is 3. The van der Waals surface area contributed by atoms with Crippen molar-refractivity contribution in [3.05, 3.63) is 72.8 Å². The summed E-state index contributed by atoms with van der Waals surface area (Å²) in [5.74, 6) is 1.19. The molecule has 3 aromatic rings. The summed E-state index contributed by atoms with van der Waals surface area (Å²) < 4.78 is 76.0. The highest BCUT2D eigenvalue weighted by Crippen LogP contribution is 2.48. The van der Waals surface area contributed by atoms with Crippen molar-refractivity contribution in [2.45, 2.75) is 48.7 Å². The molecule has 4 atom stereocenters. The number of aliphatic hydroxyl groups is 1. The van der Waals surface area contributed by atoms with Crippen LogP contribution >= 0.6 is 0 Å². The van der Waals surface area contributed by atoms with E-state index in [0.717, 1.165) is 36.3 Å². The average molecular weight is 590 g/mol. The number of fused-ring (bicyclic) bond motifs is 2. The molecule has 8 nitrogen and oxygen atoms in total. The average Bonchev–Trinajstić information content (AvgIpc) is 3.80. The molecule has 0 spiro atoms. The van der Waals surface area contributed by atoms with Crippen LogP contribution in [0.2, 0.25) is 0 Å². The van der Waals surface area contributed by atoms with Gasteiger partial charge in [-0.25, -0.2) is 13.3 Å². The summed E-state index contributed by atoms with van der Waals surface area (Å²) in [6.45, 7) is 0.756. The van der Waals surface area contributed by atoms with E-state index >= 15 is 0 Å². The molecule has 6 rings (SSSR count). The maximum absolute atomic E-state index is 14.4. The van der Waals surface area contributed by atoms with E-state index in [1.165, 1.54) is 12.1 Å². The zero-order valence-corrected chi connectivity index (χ0v) is 22.8. The Kier molecular flexibility index (Phi) is 7.58. The molecule has 0 radical (unpaired) electrons. The predicted octanol–water partition coefficient (Wildman–Crippen LogP) is 5.79. The second kappa shape index (κ2) is 11.2. The molecule has 3 aliphatic rings. The molecule has 0 bridgehead atoms. The third-order valence-corrected chi connectivity index (χ3v) is 9.41. The van der Waals surface area contributed by atoms with Crippen molar-refractivity contribution in [2.75, 3.05) is 24.7 Å². The summed E-state index contributed by atoms with van der Waals surface area (Å²) in [7, 11) is -3.35. The first kappa shape index (κ1) is 27.8. The minimum atomic E-state index is -4.84. The summed E-state index contributed by atoms with van der Waals surface area (Å²) in [6, 6.07) is 18.7. The van der Waals surface area contributed by atoms with E-state index in [2.05, 4.69) is 13.8 Å². The minimum Gasteiger partial charge on any atom is -0.453 e. The molecule has 3 aromatic carbocycles. The molecular weight excluding hydrogens is 559 g/mol. The highest BCUT2D eigenvalue weighted by molar-refractivity contribution is 7.91. The van der Waals surface area contributed by atoms with Gasteiger partial charge < -0.3 is 24.2 Å². The number of anilines is 2. The number of nitrogens with zero attached hydrogens (tertiary/aromatic N) is 2. The predicted molar refractivity (Wildman–Crippen MR) is 147 cm³/mol. The number of hydrogen-bond donors (Lipinski definition) is 2. The Morgan fingerprint density at radius 2 is 1.61 bits per heavy atom. The van der Waals surface area contributed by atoms with Crippen LogP contribution in [0.15, 0.2) is 82.1 Å². The molecule has 0 amide bonds. The summed E-state index contributed by atoms with van der Waals surface area (Å²) in [6.07, 6.45) is -3.46. The van der Waals surface area contributed by atoms with E-state index in [9.17, 15) is 22.5 Å². The van der Waals surface area contributed by atoms with Gasteiger partial charge in [0, 0.05) is 6.61 Å². The van der Waals surface area contributed by atoms with Crippen molar-refractivity contribution in [3.63, 3.8) is 0 Å². The largest absolute Gasteiger partial charge is 0.573 e. The first-order valence-corrected chi connectivity index (χ1v) is 15.0. The minimum absolute atomic E-state index is 0.0660. The molecule has 1 saturated heterocycles. The number of aliphatic hydroxyl groups excluding tert-OH is 1. The second-order valence-corrected chi connectivity index (χ2v) is 12.4. The zero-order valence-electron chi connectivity index (χ0n) is 22.0. The van der Waals surface area contributed by atoms with Crippen LogP contribution in [0.1, 0.15) is 19.3 Å². The number of alkyl halides is 3. The highest BCUT2D eigenvalue weighted by Gasteiger charge is 2.40. The number of nitrogens with one attached hydrogen (secondary N) is 1. The Balaban J connectivity index is 1.32. The molecule has 1 unspecified atom stereocenters. The van der Waals surface area contributed by atoms with E-state index in [1.54, 1.807) is 0 Å². The molecule has 1 aliphatic carbocycles. The smallest absolute Gasteiger partial charge is 0.453 e. The van der Waals surface area contributed by atoms with Gasteiger partial charge in [-0.1, -0.05) is 24.3 Å². The van der Waals surface area contributed by atoms with Crippen LogP contribution in [-0.2, 0) is 14.7 Å². The fourth-order valence-electron chi connectivity index (χ4n) is 5.15. The molecule has 0 aromatic heterocycles. The van der Waals surface area contributed by atoms with E-state index in [0.29, 0.717) is 37.0 Å². The summed E-state index contributed by atoms with van der Waals surface area (Å²) in [5.41, 5.74) is 1.57. The van der Waals surface area contributed by atoms with Crippen molar-refractivity contribution in [2.24, 2.45) is 10.3 Å². The maximum Gasteiger partial charge on any atom is 0.573 e. The van der Waals surface area contributed by atoms with E-state index < -0.39 is 40.2 Å². The van der Waals surface area contributed by atoms with Crippen LogP contribution < -0.4 is 19.1 Å². The number of rotatable bonds is 7. The lowest BCUT2D eigenvalue weighted by Crippen LogP contribution is -2.54. The lowest BCUT2D eigenvalue weighted by Gasteiger charge is -2.41. The molecule has 2 N–H and O–H groups in total. The number of halogens is 3. The van der Waals surface area contributed by atoms with Gasteiger partial charge >= 0.3 is 6.36 Å². The lowest BCUT2D eigenvalue weighted by atomic mass is 9.98. The monoisotopic (exact) mass is 589 g/mol.